The van der Waals surface area contributed by atoms with E-state index in [4.69, 9.17) is 5.73 Å². The zero-order valence-corrected chi connectivity index (χ0v) is 10.7. The molecule has 1 amide bonds. The van der Waals surface area contributed by atoms with Gasteiger partial charge >= 0.3 is 0 Å². The lowest BCUT2D eigenvalue weighted by Crippen LogP contribution is -2.14. The first-order valence-corrected chi connectivity index (χ1v) is 5.83. The molecule has 1 heterocycles. The maximum absolute atomic E-state index is 13.0. The van der Waals surface area contributed by atoms with Gasteiger partial charge in [0.1, 0.15) is 5.82 Å². The second kappa shape index (κ2) is 5.14. The number of nitrogens with one attached hydrogen (secondary N) is 1. The van der Waals surface area contributed by atoms with Crippen molar-refractivity contribution in [1.29, 1.82) is 0 Å². The van der Waals surface area contributed by atoms with Crippen LogP contribution in [0.5, 0.6) is 0 Å². The van der Waals surface area contributed by atoms with Gasteiger partial charge in [0.25, 0.3) is 5.91 Å². The summed E-state index contributed by atoms with van der Waals surface area (Å²) in [6.07, 6.45) is 2.88. The van der Waals surface area contributed by atoms with Crippen LogP contribution < -0.4 is 11.1 Å². The lowest BCUT2D eigenvalue weighted by atomic mass is 10.2. The van der Waals surface area contributed by atoms with Crippen LogP contribution in [0.4, 0.5) is 15.8 Å². The first-order valence-electron chi connectivity index (χ1n) is 5.04. The third-order valence-corrected chi connectivity index (χ3v) is 2.88. The summed E-state index contributed by atoms with van der Waals surface area (Å²) >= 11 is 3.05. The maximum Gasteiger partial charge on any atom is 0.257 e. The van der Waals surface area contributed by atoms with E-state index in [1.165, 1.54) is 36.7 Å². The SMILES string of the molecule is Nc1cnccc1C(=O)Nc1ccc(F)c(Br)c1. The highest BCUT2D eigenvalue weighted by molar-refractivity contribution is 9.10. The standard InChI is InChI=1S/C12H9BrFN3O/c13-9-5-7(1-2-10(9)14)17-12(18)8-3-4-16-6-11(8)15/h1-6H,15H2,(H,17,18). The number of pyridine rings is 1. The third kappa shape index (κ3) is 2.65. The van der Waals surface area contributed by atoms with E-state index in [9.17, 15) is 9.18 Å². The molecule has 3 N–H and O–H groups in total. The van der Waals surface area contributed by atoms with E-state index in [0.717, 1.165) is 0 Å². The predicted octanol–water partition coefficient (Wildman–Crippen LogP) is 2.82. The number of nitrogens with zero attached hydrogens (tertiary/aromatic N) is 1. The Morgan fingerprint density at radius 2 is 2.17 bits per heavy atom. The Hall–Kier alpha value is -1.95. The number of hydrogen-bond acceptors (Lipinski definition) is 3. The number of anilines is 2. The quantitative estimate of drug-likeness (QED) is 0.896. The minimum Gasteiger partial charge on any atom is -0.397 e. The molecule has 0 atom stereocenters. The predicted molar refractivity (Wildman–Crippen MR) is 70.7 cm³/mol. The Balaban J connectivity index is 2.22. The number of carbonyl (C=O) groups excluding carboxylic acids is 1. The number of amides is 1. The fourth-order valence-corrected chi connectivity index (χ4v) is 1.76. The molecule has 0 unspecified atom stereocenters. The van der Waals surface area contributed by atoms with Gasteiger partial charge < -0.3 is 11.1 Å². The summed E-state index contributed by atoms with van der Waals surface area (Å²) < 4.78 is 13.3. The van der Waals surface area contributed by atoms with Crippen molar-refractivity contribution in [1.82, 2.24) is 4.98 Å². The van der Waals surface area contributed by atoms with Crippen LogP contribution in [0.2, 0.25) is 0 Å². The molecule has 1 aromatic heterocycles. The Morgan fingerprint density at radius 3 is 2.83 bits per heavy atom. The molecule has 0 aliphatic heterocycles. The second-order valence-corrected chi connectivity index (χ2v) is 4.40. The number of nitrogen functional groups attached to an aromatic ring is 1. The zero-order valence-electron chi connectivity index (χ0n) is 9.15. The molecule has 2 rings (SSSR count). The summed E-state index contributed by atoms with van der Waals surface area (Å²) in [5.74, 6) is -0.759. The van der Waals surface area contributed by atoms with E-state index in [1.54, 1.807) is 0 Å². The topological polar surface area (TPSA) is 68.0 Å². The van der Waals surface area contributed by atoms with Crippen molar-refractivity contribution in [3.63, 3.8) is 0 Å². The van der Waals surface area contributed by atoms with Gasteiger partial charge in [-0.15, -0.1) is 0 Å². The van der Waals surface area contributed by atoms with Crippen LogP contribution in [-0.4, -0.2) is 10.9 Å². The minimum absolute atomic E-state index is 0.281. The molecule has 0 radical (unpaired) electrons. The average molecular weight is 310 g/mol. The van der Waals surface area contributed by atoms with Gasteiger partial charge in [-0.3, -0.25) is 9.78 Å². The van der Waals surface area contributed by atoms with Crippen LogP contribution in [0, 0.1) is 5.82 Å². The Kier molecular flexibility index (Phi) is 3.57. The van der Waals surface area contributed by atoms with Gasteiger partial charge in [0.2, 0.25) is 0 Å². The summed E-state index contributed by atoms with van der Waals surface area (Å²) in [7, 11) is 0. The van der Waals surface area contributed by atoms with Gasteiger partial charge in [-0.25, -0.2) is 4.39 Å². The molecule has 0 fully saturated rings. The molecule has 2 aromatic rings. The van der Waals surface area contributed by atoms with Crippen molar-refractivity contribution >= 4 is 33.2 Å². The molecule has 0 bridgehead atoms. The van der Waals surface area contributed by atoms with Crippen LogP contribution >= 0.6 is 15.9 Å². The van der Waals surface area contributed by atoms with Gasteiger partial charge in [0.15, 0.2) is 0 Å². The number of rotatable bonds is 2. The number of aromatic nitrogens is 1. The summed E-state index contributed by atoms with van der Waals surface area (Å²) in [4.78, 5) is 15.7. The first kappa shape index (κ1) is 12.5. The fraction of sp³-hybridized carbons (Fsp3) is 0. The molecular formula is C12H9BrFN3O. The zero-order chi connectivity index (χ0) is 13.1. The van der Waals surface area contributed by atoms with Crippen molar-refractivity contribution in [3.05, 3.63) is 52.5 Å². The number of halogens is 2. The van der Waals surface area contributed by atoms with Gasteiger partial charge in [0, 0.05) is 11.9 Å². The molecule has 4 nitrogen and oxygen atoms in total. The van der Waals surface area contributed by atoms with Gasteiger partial charge in [-0.2, -0.15) is 0 Å². The van der Waals surface area contributed by atoms with E-state index < -0.39 is 5.82 Å². The maximum atomic E-state index is 13.0. The first-order chi connectivity index (χ1) is 8.58. The molecule has 0 saturated carbocycles. The molecule has 0 aliphatic carbocycles. The lowest BCUT2D eigenvalue weighted by molar-refractivity contribution is 0.102. The van der Waals surface area contributed by atoms with Gasteiger partial charge in [-0.1, -0.05) is 0 Å². The highest BCUT2D eigenvalue weighted by atomic mass is 79.9. The third-order valence-electron chi connectivity index (χ3n) is 2.27. The van der Waals surface area contributed by atoms with E-state index >= 15 is 0 Å². The Morgan fingerprint density at radius 1 is 1.39 bits per heavy atom. The van der Waals surface area contributed by atoms with E-state index in [-0.39, 0.29) is 16.1 Å². The van der Waals surface area contributed by atoms with Crippen LogP contribution in [-0.2, 0) is 0 Å². The largest absolute Gasteiger partial charge is 0.397 e. The summed E-state index contributed by atoms with van der Waals surface area (Å²) in [5.41, 5.74) is 6.73. The van der Waals surface area contributed by atoms with Crippen molar-refractivity contribution in [3.8, 4) is 0 Å². The summed E-state index contributed by atoms with van der Waals surface area (Å²) in [6, 6.07) is 5.72. The Labute approximate surface area is 111 Å². The monoisotopic (exact) mass is 309 g/mol. The van der Waals surface area contributed by atoms with Crippen LogP contribution in [0.15, 0.2) is 41.1 Å². The summed E-state index contributed by atoms with van der Waals surface area (Å²) in [5, 5.41) is 2.62. The average Bonchev–Trinajstić information content (AvgIpc) is 2.34. The van der Waals surface area contributed by atoms with Gasteiger partial charge in [-0.05, 0) is 40.2 Å². The molecular weight excluding hydrogens is 301 g/mol. The number of carbonyl (C=O) groups is 1. The smallest absolute Gasteiger partial charge is 0.257 e. The molecule has 92 valence electrons. The molecule has 1 aromatic carbocycles. The van der Waals surface area contributed by atoms with Crippen molar-refractivity contribution in [2.24, 2.45) is 0 Å². The number of benzene rings is 1. The molecule has 0 aliphatic rings. The molecule has 0 spiro atoms. The van der Waals surface area contributed by atoms with Crippen molar-refractivity contribution < 1.29 is 9.18 Å². The minimum atomic E-state index is -0.392. The molecule has 0 saturated heterocycles. The van der Waals surface area contributed by atoms with E-state index in [2.05, 4.69) is 26.2 Å². The molecule has 18 heavy (non-hydrogen) atoms. The van der Waals surface area contributed by atoms with Crippen LogP contribution in [0.3, 0.4) is 0 Å². The van der Waals surface area contributed by atoms with Crippen molar-refractivity contribution in [2.75, 3.05) is 11.1 Å². The van der Waals surface area contributed by atoms with Gasteiger partial charge in [0.05, 0.1) is 21.9 Å². The fourth-order valence-electron chi connectivity index (χ4n) is 1.39. The van der Waals surface area contributed by atoms with E-state index in [0.29, 0.717) is 11.3 Å². The van der Waals surface area contributed by atoms with Crippen LogP contribution in [0.1, 0.15) is 10.4 Å². The number of hydrogen-bond donors (Lipinski definition) is 2. The Bertz CT molecular complexity index is 604. The van der Waals surface area contributed by atoms with Crippen LogP contribution in [0.25, 0.3) is 0 Å². The highest BCUT2D eigenvalue weighted by Gasteiger charge is 2.10. The lowest BCUT2D eigenvalue weighted by Gasteiger charge is -2.07. The second-order valence-electron chi connectivity index (χ2n) is 3.55. The molecule has 6 heteroatoms. The van der Waals surface area contributed by atoms with E-state index in [1.807, 2.05) is 0 Å². The number of nitrogens with two attached hydrogens (primary N) is 1. The van der Waals surface area contributed by atoms with Crippen molar-refractivity contribution in [2.45, 2.75) is 0 Å². The highest BCUT2D eigenvalue weighted by Crippen LogP contribution is 2.21. The summed E-state index contributed by atoms with van der Waals surface area (Å²) in [6.45, 7) is 0. The normalized spacial score (nSPS) is 10.1.